The third-order valence-corrected chi connectivity index (χ3v) is 1.59. The maximum atomic E-state index is 10.1. The molecule has 2 aliphatic rings. The van der Waals surface area contributed by atoms with Crippen LogP contribution >= 0.6 is 0 Å². The number of hydrogen-bond donors (Lipinski definition) is 2. The van der Waals surface area contributed by atoms with Gasteiger partial charge in [-0.3, -0.25) is 9.59 Å². The second-order valence-electron chi connectivity index (χ2n) is 4.11. The van der Waals surface area contributed by atoms with Crippen molar-refractivity contribution >= 4 is 23.0 Å². The number of hydrogen-bond acceptors (Lipinski definition) is 5. The molecule has 2 fully saturated rings. The van der Waals surface area contributed by atoms with Gasteiger partial charge in [-0.1, -0.05) is 25.0 Å². The van der Waals surface area contributed by atoms with E-state index in [1.54, 1.807) is 26.4 Å². The molecular weight excluding hydrogens is 272 g/mol. The second-order valence-corrected chi connectivity index (χ2v) is 5.59. The first-order chi connectivity index (χ1) is 8.77. The maximum absolute atomic E-state index is 10.1. The molecule has 2 saturated heterocycles. The van der Waals surface area contributed by atoms with E-state index in [1.807, 2.05) is 0 Å². The number of rotatable bonds is 1. The molecule has 0 atom stereocenters. The van der Waals surface area contributed by atoms with E-state index in [4.69, 9.17) is 5.73 Å². The lowest BCUT2D eigenvalue weighted by atomic mass is 10.2. The van der Waals surface area contributed by atoms with Gasteiger partial charge >= 0.3 is 0 Å². The smallest absolute Gasteiger partial charge is 0.220 e. The highest BCUT2D eigenvalue weighted by molar-refractivity contribution is 7.89. The Morgan fingerprint density at radius 2 is 1.79 bits per heavy atom. The van der Waals surface area contributed by atoms with Crippen LogP contribution in [0.1, 0.15) is 26.7 Å². The highest BCUT2D eigenvalue weighted by Crippen LogP contribution is 1.93. The topological polar surface area (TPSA) is 120 Å². The molecule has 0 aromatic carbocycles. The minimum absolute atomic E-state index is 0.00926. The minimum Gasteiger partial charge on any atom is -0.617 e. The molecule has 0 aliphatic carbocycles. The molecule has 0 saturated carbocycles. The normalized spacial score (nSPS) is 15.2. The van der Waals surface area contributed by atoms with Gasteiger partial charge in [-0.2, -0.15) is 0 Å². The highest BCUT2D eigenvalue weighted by atomic mass is 32.2. The SMILES string of the molecule is C1OO1.CC(C)C(N)=O.C[S+](C)[O-].O=C1CCCN1. The first-order valence-corrected chi connectivity index (χ1v) is 7.79. The van der Waals surface area contributed by atoms with Gasteiger partial charge in [0.25, 0.3) is 0 Å². The van der Waals surface area contributed by atoms with Crippen molar-refractivity contribution in [3.63, 3.8) is 0 Å². The number of nitrogens with two attached hydrogens (primary N) is 1. The summed E-state index contributed by atoms with van der Waals surface area (Å²) in [5, 5.41) is 2.68. The van der Waals surface area contributed by atoms with Gasteiger partial charge in [0.15, 0.2) is 0 Å². The average Bonchev–Trinajstić information content (AvgIpc) is 3.08. The predicted molar refractivity (Wildman–Crippen MR) is 73.3 cm³/mol. The first-order valence-electron chi connectivity index (χ1n) is 5.82. The molecule has 2 rings (SSSR count). The summed E-state index contributed by atoms with van der Waals surface area (Å²) in [6.07, 6.45) is 5.04. The number of nitrogens with one attached hydrogen (secondary N) is 1. The van der Waals surface area contributed by atoms with Gasteiger partial charge in [-0.15, -0.1) is 0 Å². The van der Waals surface area contributed by atoms with Crippen LogP contribution in [0.15, 0.2) is 0 Å². The average molecular weight is 296 g/mol. The molecule has 19 heavy (non-hydrogen) atoms. The molecule has 0 radical (unpaired) electrons. The molecule has 2 amide bonds. The van der Waals surface area contributed by atoms with Crippen molar-refractivity contribution in [2.45, 2.75) is 26.7 Å². The van der Waals surface area contributed by atoms with Crippen molar-refractivity contribution in [2.24, 2.45) is 11.7 Å². The van der Waals surface area contributed by atoms with Crippen LogP contribution in [0.25, 0.3) is 0 Å². The molecular formula is C11H24N2O5S. The summed E-state index contributed by atoms with van der Waals surface area (Å²) >= 11 is -0.611. The minimum atomic E-state index is -0.611. The second kappa shape index (κ2) is 13.6. The molecule has 0 unspecified atom stereocenters. The molecule has 7 nitrogen and oxygen atoms in total. The van der Waals surface area contributed by atoms with Crippen LogP contribution in [0.2, 0.25) is 0 Å². The van der Waals surface area contributed by atoms with E-state index < -0.39 is 11.2 Å². The highest BCUT2D eigenvalue weighted by Gasteiger charge is 2.05. The zero-order valence-corrected chi connectivity index (χ0v) is 12.7. The summed E-state index contributed by atoms with van der Waals surface area (Å²) in [5.41, 5.74) is 4.80. The first kappa shape index (κ1) is 20.5. The largest absolute Gasteiger partial charge is 0.617 e. The van der Waals surface area contributed by atoms with Gasteiger partial charge in [0, 0.05) is 18.9 Å². The number of carbonyl (C=O) groups excluding carboxylic acids is 2. The quantitative estimate of drug-likeness (QED) is 0.398. The van der Waals surface area contributed by atoms with Crippen molar-refractivity contribution < 1.29 is 23.9 Å². The van der Waals surface area contributed by atoms with Gasteiger partial charge in [0.05, 0.1) is 12.5 Å². The van der Waals surface area contributed by atoms with Crippen molar-refractivity contribution in [3.05, 3.63) is 0 Å². The zero-order chi connectivity index (χ0) is 15.3. The summed E-state index contributed by atoms with van der Waals surface area (Å²) < 4.78 is 9.56. The van der Waals surface area contributed by atoms with Crippen LogP contribution < -0.4 is 11.1 Å². The van der Waals surface area contributed by atoms with Crippen LogP contribution in [0.4, 0.5) is 0 Å². The molecule has 8 heteroatoms. The molecule has 0 aromatic rings. The Morgan fingerprint density at radius 3 is 1.84 bits per heavy atom. The number of carbonyl (C=O) groups is 2. The monoisotopic (exact) mass is 296 g/mol. The van der Waals surface area contributed by atoms with E-state index >= 15 is 0 Å². The molecule has 0 spiro atoms. The third kappa shape index (κ3) is 31.7. The zero-order valence-electron chi connectivity index (χ0n) is 11.9. The van der Waals surface area contributed by atoms with Crippen molar-refractivity contribution in [1.82, 2.24) is 5.32 Å². The summed E-state index contributed by atoms with van der Waals surface area (Å²) in [6, 6.07) is 0. The van der Waals surface area contributed by atoms with E-state index in [-0.39, 0.29) is 17.7 Å². The van der Waals surface area contributed by atoms with Crippen LogP contribution in [0, 0.1) is 5.92 Å². The van der Waals surface area contributed by atoms with Gasteiger partial charge in [-0.05, 0) is 6.42 Å². The van der Waals surface area contributed by atoms with Crippen LogP contribution in [0.3, 0.4) is 0 Å². The Hall–Kier alpha value is -0.830. The maximum Gasteiger partial charge on any atom is 0.220 e. The van der Waals surface area contributed by atoms with Gasteiger partial charge in [-0.25, -0.2) is 9.78 Å². The lowest BCUT2D eigenvalue weighted by Gasteiger charge is -1.90. The van der Waals surface area contributed by atoms with Gasteiger partial charge in [0.2, 0.25) is 18.6 Å². The summed E-state index contributed by atoms with van der Waals surface area (Å²) in [6.45, 7) is 4.92. The Morgan fingerprint density at radius 1 is 1.42 bits per heavy atom. The Labute approximate surface area is 117 Å². The lowest BCUT2D eigenvalue weighted by molar-refractivity contribution is -0.121. The third-order valence-electron chi connectivity index (χ3n) is 1.59. The summed E-state index contributed by atoms with van der Waals surface area (Å²) in [5.74, 6) is -0.0463. The lowest BCUT2D eigenvalue weighted by Crippen LogP contribution is -2.17. The van der Waals surface area contributed by atoms with Crippen LogP contribution in [0.5, 0.6) is 0 Å². The molecule has 114 valence electrons. The van der Waals surface area contributed by atoms with Crippen LogP contribution in [-0.4, -0.2) is 42.2 Å². The van der Waals surface area contributed by atoms with E-state index in [2.05, 4.69) is 15.1 Å². The van der Waals surface area contributed by atoms with Gasteiger partial charge in [0.1, 0.15) is 0 Å². The fourth-order valence-electron chi connectivity index (χ4n) is 0.565. The molecule has 0 bridgehead atoms. The molecule has 3 N–H and O–H groups in total. The van der Waals surface area contributed by atoms with E-state index in [0.717, 1.165) is 19.4 Å². The fraction of sp³-hybridized carbons (Fsp3) is 0.818. The van der Waals surface area contributed by atoms with E-state index in [1.165, 1.54) is 0 Å². The van der Waals surface area contributed by atoms with E-state index in [9.17, 15) is 14.1 Å². The van der Waals surface area contributed by atoms with E-state index in [0.29, 0.717) is 6.79 Å². The predicted octanol–water partition coefficient (Wildman–Crippen LogP) is -0.0755. The van der Waals surface area contributed by atoms with Gasteiger partial charge < -0.3 is 15.6 Å². The Bertz CT molecular complexity index is 232. The number of amides is 2. The molecule has 2 aliphatic heterocycles. The molecule has 0 aromatic heterocycles. The summed E-state index contributed by atoms with van der Waals surface area (Å²) in [4.78, 5) is 28.1. The molecule has 2 heterocycles. The Kier molecular flexibility index (Phi) is 14.7. The van der Waals surface area contributed by atoms with Crippen LogP contribution in [-0.2, 0) is 30.5 Å². The fourth-order valence-corrected chi connectivity index (χ4v) is 0.565. The van der Waals surface area contributed by atoms with Crippen molar-refractivity contribution in [1.29, 1.82) is 0 Å². The van der Waals surface area contributed by atoms with Crippen molar-refractivity contribution in [2.75, 3.05) is 25.8 Å². The summed E-state index contributed by atoms with van der Waals surface area (Å²) in [7, 11) is 0. The van der Waals surface area contributed by atoms with Crippen molar-refractivity contribution in [3.8, 4) is 0 Å². The number of primary amides is 1. The Balaban J connectivity index is 0. The standard InChI is InChI=1S/C4H7NO.C4H9NO.C2H6OS.CH2O2/c6-4-2-1-3-5-4;1-3(2)4(5)6;1-4(2)3;1-2-3-1/h1-3H2,(H,5,6);3H,1-2H3,(H2,5,6);1-2H3;1H2.